The molecule has 0 amide bonds. The first-order valence-corrected chi connectivity index (χ1v) is 10.5. The highest BCUT2D eigenvalue weighted by Crippen LogP contribution is 2.34. The molecule has 0 saturated carbocycles. The van der Waals surface area contributed by atoms with E-state index in [0.29, 0.717) is 13.2 Å². The second kappa shape index (κ2) is 8.47. The summed E-state index contributed by atoms with van der Waals surface area (Å²) in [4.78, 5) is 10.9. The molecule has 0 radical (unpaired) electrons. The van der Waals surface area contributed by atoms with E-state index in [4.69, 9.17) is 14.6 Å². The first-order valence-electron chi connectivity index (χ1n) is 8.95. The van der Waals surface area contributed by atoms with E-state index in [1.165, 1.54) is 0 Å². The lowest BCUT2D eigenvalue weighted by Crippen LogP contribution is -2.09. The Morgan fingerprint density at radius 2 is 1.76 bits per heavy atom. The number of halogens is 2. The molecule has 1 heterocycles. The number of carbonyl (C=O) groups is 1. The van der Waals surface area contributed by atoms with Crippen LogP contribution in [0.3, 0.4) is 0 Å². The molecule has 0 atom stereocenters. The lowest BCUT2D eigenvalue weighted by Gasteiger charge is -2.12. The Hall–Kier alpha value is -2.51. The summed E-state index contributed by atoms with van der Waals surface area (Å²) in [5.74, 6) is 0.619. The molecule has 4 aromatic rings. The number of hydrogen-bond acceptors (Lipinski definition) is 3. The third-order valence-corrected chi connectivity index (χ3v) is 5.85. The Labute approximate surface area is 184 Å². The molecule has 1 N–H and O–H groups in total. The van der Waals surface area contributed by atoms with Gasteiger partial charge in [0.2, 0.25) is 0 Å². The van der Waals surface area contributed by atoms with Crippen molar-refractivity contribution in [1.82, 2.24) is 4.57 Å². The van der Waals surface area contributed by atoms with Crippen molar-refractivity contribution in [2.75, 3.05) is 13.2 Å². The van der Waals surface area contributed by atoms with Crippen LogP contribution in [0.5, 0.6) is 11.5 Å². The normalized spacial score (nSPS) is 11.1. The van der Waals surface area contributed by atoms with Crippen molar-refractivity contribution in [3.63, 3.8) is 0 Å². The summed E-state index contributed by atoms with van der Waals surface area (Å²) in [6.45, 7) is 0.736. The van der Waals surface area contributed by atoms with Crippen LogP contribution in [0.15, 0.2) is 69.7 Å². The van der Waals surface area contributed by atoms with Gasteiger partial charge in [-0.1, -0.05) is 28.1 Å². The van der Waals surface area contributed by atoms with Crippen LogP contribution in [-0.4, -0.2) is 28.9 Å². The van der Waals surface area contributed by atoms with Crippen LogP contribution in [0.25, 0.3) is 21.7 Å². The quantitative estimate of drug-likeness (QED) is 0.311. The number of nitrogens with zero attached hydrogens (tertiary/aromatic N) is 1. The zero-order chi connectivity index (χ0) is 20.4. The van der Waals surface area contributed by atoms with Crippen LogP contribution in [0.4, 0.5) is 0 Å². The van der Waals surface area contributed by atoms with Crippen LogP contribution in [0, 0.1) is 0 Å². The molecule has 0 spiro atoms. The van der Waals surface area contributed by atoms with Crippen molar-refractivity contribution in [2.45, 2.75) is 6.54 Å². The third-order valence-electron chi connectivity index (χ3n) is 4.54. The highest BCUT2D eigenvalue weighted by atomic mass is 79.9. The van der Waals surface area contributed by atoms with Crippen LogP contribution in [0.1, 0.15) is 0 Å². The van der Waals surface area contributed by atoms with Crippen LogP contribution >= 0.6 is 31.9 Å². The molecule has 0 aliphatic rings. The Morgan fingerprint density at radius 3 is 2.59 bits per heavy atom. The molecule has 0 unspecified atom stereocenters. The first kappa shape index (κ1) is 19.8. The number of carboxylic acid groups (broad SMARTS) is 1. The van der Waals surface area contributed by atoms with Gasteiger partial charge in [-0.25, -0.2) is 0 Å². The summed E-state index contributed by atoms with van der Waals surface area (Å²) >= 11 is 7.11. The highest BCUT2D eigenvalue weighted by molar-refractivity contribution is 9.11. The molecule has 5 nitrogen and oxygen atoms in total. The molecule has 0 aliphatic carbocycles. The minimum Gasteiger partial charge on any atom is -0.490 e. The standard InChI is InChI=1S/C22H17Br2NO4/c23-16-2-4-18-14(11-16)1-6-20(22(18)24)29-10-9-28-17-3-5-19-15(12-17)7-8-25(19)13-21(26)27/h1-8,11-12H,9-10,13H2,(H,26,27). The van der Waals surface area contributed by atoms with E-state index in [1.54, 1.807) is 10.8 Å². The fourth-order valence-electron chi connectivity index (χ4n) is 3.22. The van der Waals surface area contributed by atoms with E-state index in [9.17, 15) is 4.79 Å². The molecular formula is C22H17Br2NO4. The molecule has 7 heteroatoms. The zero-order valence-corrected chi connectivity index (χ0v) is 18.4. The van der Waals surface area contributed by atoms with Crippen molar-refractivity contribution in [1.29, 1.82) is 0 Å². The summed E-state index contributed by atoms with van der Waals surface area (Å²) in [7, 11) is 0. The summed E-state index contributed by atoms with van der Waals surface area (Å²) in [6, 6.07) is 17.6. The smallest absolute Gasteiger partial charge is 0.323 e. The van der Waals surface area contributed by atoms with E-state index in [2.05, 4.69) is 37.9 Å². The highest BCUT2D eigenvalue weighted by Gasteiger charge is 2.08. The number of aromatic nitrogens is 1. The fraction of sp³-hybridized carbons (Fsp3) is 0.136. The molecular weight excluding hydrogens is 502 g/mol. The Balaban J connectivity index is 1.38. The van der Waals surface area contributed by atoms with Gasteiger partial charge in [0.25, 0.3) is 0 Å². The minimum absolute atomic E-state index is 0.0604. The van der Waals surface area contributed by atoms with Gasteiger partial charge in [-0.2, -0.15) is 0 Å². The van der Waals surface area contributed by atoms with Crippen molar-refractivity contribution in [3.05, 3.63) is 69.7 Å². The topological polar surface area (TPSA) is 60.7 Å². The van der Waals surface area contributed by atoms with Gasteiger partial charge in [-0.15, -0.1) is 0 Å². The van der Waals surface area contributed by atoms with Crippen molar-refractivity contribution < 1.29 is 19.4 Å². The summed E-state index contributed by atoms with van der Waals surface area (Å²) in [5, 5.41) is 12.1. The number of ether oxygens (including phenoxy) is 2. The average molecular weight is 519 g/mol. The Bertz CT molecular complexity index is 1200. The molecule has 0 aliphatic heterocycles. The predicted molar refractivity (Wildman–Crippen MR) is 120 cm³/mol. The van der Waals surface area contributed by atoms with E-state index in [0.717, 1.165) is 42.1 Å². The van der Waals surface area contributed by atoms with E-state index in [-0.39, 0.29) is 6.54 Å². The number of fused-ring (bicyclic) bond motifs is 2. The molecule has 148 valence electrons. The van der Waals surface area contributed by atoms with Gasteiger partial charge in [-0.3, -0.25) is 4.79 Å². The average Bonchev–Trinajstić information content (AvgIpc) is 3.08. The van der Waals surface area contributed by atoms with E-state index >= 15 is 0 Å². The molecule has 3 aromatic carbocycles. The SMILES string of the molecule is O=C(O)Cn1ccc2cc(OCCOc3ccc4cc(Br)ccc4c3Br)ccc21. The second-order valence-corrected chi connectivity index (χ2v) is 8.21. The molecule has 0 bridgehead atoms. The molecule has 4 rings (SSSR count). The molecule has 1 aromatic heterocycles. The zero-order valence-electron chi connectivity index (χ0n) is 15.3. The number of carboxylic acids is 1. The predicted octanol–water partition coefficient (Wildman–Crippen LogP) is 5.86. The minimum atomic E-state index is -0.868. The van der Waals surface area contributed by atoms with Gasteiger partial charge in [0.05, 0.1) is 4.47 Å². The summed E-state index contributed by atoms with van der Waals surface area (Å²) < 4.78 is 15.3. The largest absolute Gasteiger partial charge is 0.490 e. The first-order chi connectivity index (χ1) is 14.0. The van der Waals surface area contributed by atoms with E-state index in [1.807, 2.05) is 48.5 Å². The summed E-state index contributed by atoms with van der Waals surface area (Å²) in [6.07, 6.45) is 1.77. The summed E-state index contributed by atoms with van der Waals surface area (Å²) in [5.41, 5.74) is 0.864. The van der Waals surface area contributed by atoms with E-state index < -0.39 is 5.97 Å². The molecule has 0 saturated heterocycles. The maximum absolute atomic E-state index is 10.9. The molecule has 29 heavy (non-hydrogen) atoms. The monoisotopic (exact) mass is 517 g/mol. The van der Waals surface area contributed by atoms with Gasteiger partial charge in [-0.05, 0) is 69.2 Å². The van der Waals surface area contributed by atoms with Crippen molar-refractivity contribution in [2.24, 2.45) is 0 Å². The van der Waals surface area contributed by atoms with Gasteiger partial charge >= 0.3 is 5.97 Å². The second-order valence-electron chi connectivity index (χ2n) is 6.50. The van der Waals surface area contributed by atoms with Crippen LogP contribution in [0.2, 0.25) is 0 Å². The molecule has 0 fully saturated rings. The Kier molecular flexibility index (Phi) is 5.78. The van der Waals surface area contributed by atoms with Crippen LogP contribution < -0.4 is 9.47 Å². The number of aliphatic carboxylic acids is 1. The van der Waals surface area contributed by atoms with Crippen molar-refractivity contribution in [3.8, 4) is 11.5 Å². The van der Waals surface area contributed by atoms with Gasteiger partial charge < -0.3 is 19.1 Å². The van der Waals surface area contributed by atoms with Gasteiger partial charge in [0.1, 0.15) is 31.3 Å². The van der Waals surface area contributed by atoms with Crippen molar-refractivity contribution >= 4 is 59.5 Å². The van der Waals surface area contributed by atoms with Gasteiger partial charge in [0, 0.05) is 21.6 Å². The number of benzene rings is 3. The lowest BCUT2D eigenvalue weighted by molar-refractivity contribution is -0.137. The fourth-order valence-corrected chi connectivity index (χ4v) is 4.20. The number of hydrogen-bond donors (Lipinski definition) is 1. The lowest BCUT2D eigenvalue weighted by atomic mass is 10.1. The Morgan fingerprint density at radius 1 is 0.931 bits per heavy atom. The maximum atomic E-state index is 10.9. The number of rotatable bonds is 7. The third kappa shape index (κ3) is 4.41. The maximum Gasteiger partial charge on any atom is 0.323 e. The van der Waals surface area contributed by atoms with Gasteiger partial charge in [0.15, 0.2) is 0 Å². The van der Waals surface area contributed by atoms with Crippen LogP contribution in [-0.2, 0) is 11.3 Å².